The number of hydrogen-bond acceptors (Lipinski definition) is 4. The molecule has 0 aromatic carbocycles. The van der Waals surface area contributed by atoms with Crippen LogP contribution in [0.15, 0.2) is 4.79 Å². The van der Waals surface area contributed by atoms with Crippen molar-refractivity contribution in [3.8, 4) is 0 Å². The monoisotopic (exact) mass is 308 g/mol. The minimum absolute atomic E-state index is 0.0192. The summed E-state index contributed by atoms with van der Waals surface area (Å²) in [5.41, 5.74) is 1.09. The Morgan fingerprint density at radius 1 is 1.35 bits per heavy atom. The molecule has 0 saturated heterocycles. The second kappa shape index (κ2) is 5.53. The molecule has 0 radical (unpaired) electrons. The predicted octanol–water partition coefficient (Wildman–Crippen LogP) is 4.34. The Morgan fingerprint density at radius 2 is 2.05 bits per heavy atom. The molecule has 20 heavy (non-hydrogen) atoms. The van der Waals surface area contributed by atoms with Crippen LogP contribution < -0.4 is 5.56 Å². The Kier molecular flexibility index (Phi) is 3.91. The van der Waals surface area contributed by atoms with Crippen LogP contribution in [0.5, 0.6) is 0 Å². The average Bonchev–Trinajstić information content (AvgIpc) is 2.99. The fourth-order valence-corrected chi connectivity index (χ4v) is 5.30. The van der Waals surface area contributed by atoms with Gasteiger partial charge in [0.25, 0.3) is 5.56 Å². The first-order valence-corrected chi connectivity index (χ1v) is 8.97. The molecule has 0 aliphatic heterocycles. The lowest BCUT2D eigenvalue weighted by Gasteiger charge is -2.15. The molecule has 3 nitrogen and oxygen atoms in total. The summed E-state index contributed by atoms with van der Waals surface area (Å²) in [6.45, 7) is 6.21. The Balaban J connectivity index is 1.93. The maximum Gasteiger partial charge on any atom is 0.259 e. The normalized spacial score (nSPS) is 17.9. The van der Waals surface area contributed by atoms with Crippen molar-refractivity contribution in [2.24, 2.45) is 0 Å². The molecule has 1 aliphatic carbocycles. The van der Waals surface area contributed by atoms with E-state index in [1.165, 1.54) is 30.6 Å². The Hall–Kier alpha value is -0.810. The van der Waals surface area contributed by atoms with Gasteiger partial charge in [0.1, 0.15) is 10.7 Å². The number of aromatic nitrogens is 2. The minimum Gasteiger partial charge on any atom is -0.309 e. The molecule has 3 rings (SSSR count). The lowest BCUT2D eigenvalue weighted by Crippen LogP contribution is -2.13. The van der Waals surface area contributed by atoms with Gasteiger partial charge in [0, 0.05) is 10.1 Å². The fourth-order valence-electron chi connectivity index (χ4n) is 2.84. The minimum atomic E-state index is 0.0192. The van der Waals surface area contributed by atoms with Gasteiger partial charge in [0.15, 0.2) is 0 Å². The zero-order valence-electron chi connectivity index (χ0n) is 12.2. The van der Waals surface area contributed by atoms with Gasteiger partial charge in [-0.05, 0) is 39.2 Å². The van der Waals surface area contributed by atoms with E-state index < -0.39 is 0 Å². The molecule has 1 saturated carbocycles. The van der Waals surface area contributed by atoms with Gasteiger partial charge in [-0.1, -0.05) is 12.8 Å². The van der Waals surface area contributed by atoms with E-state index in [1.54, 1.807) is 11.3 Å². The summed E-state index contributed by atoms with van der Waals surface area (Å²) >= 11 is 3.59. The number of thiophene rings is 1. The van der Waals surface area contributed by atoms with E-state index in [0.29, 0.717) is 0 Å². The molecule has 2 heterocycles. The first-order valence-electron chi connectivity index (χ1n) is 7.21. The number of H-pyrrole nitrogens is 1. The van der Waals surface area contributed by atoms with Gasteiger partial charge in [-0.3, -0.25) is 4.79 Å². The van der Waals surface area contributed by atoms with E-state index >= 15 is 0 Å². The summed E-state index contributed by atoms with van der Waals surface area (Å²) in [4.78, 5) is 22.0. The molecule has 1 aliphatic rings. The van der Waals surface area contributed by atoms with Crippen molar-refractivity contribution >= 4 is 33.3 Å². The molecule has 108 valence electrons. The SMILES string of the molecule is Cc1sc2nc([C@H](C)SC3CCCC3)[nH]c(=O)c2c1C. The number of fused-ring (bicyclic) bond motifs is 1. The lowest BCUT2D eigenvalue weighted by molar-refractivity contribution is 0.871. The second-order valence-corrected chi connectivity index (χ2v) is 8.45. The average molecular weight is 308 g/mol. The van der Waals surface area contributed by atoms with Crippen molar-refractivity contribution in [3.63, 3.8) is 0 Å². The van der Waals surface area contributed by atoms with Crippen molar-refractivity contribution in [1.29, 1.82) is 0 Å². The standard InChI is InChI=1S/C15H20N2OS2/c1-8-9(2)20-15-12(8)14(18)16-13(17-15)10(3)19-11-6-4-5-7-11/h10-11H,4-7H2,1-3H3,(H,16,17,18)/t10-/m0/s1. The van der Waals surface area contributed by atoms with Crippen molar-refractivity contribution in [1.82, 2.24) is 9.97 Å². The smallest absolute Gasteiger partial charge is 0.259 e. The second-order valence-electron chi connectivity index (χ2n) is 5.60. The van der Waals surface area contributed by atoms with Gasteiger partial charge < -0.3 is 4.98 Å². The zero-order chi connectivity index (χ0) is 14.3. The van der Waals surface area contributed by atoms with Crippen LogP contribution in [0.1, 0.15) is 54.1 Å². The third kappa shape index (κ3) is 2.53. The van der Waals surface area contributed by atoms with Crippen LogP contribution in [-0.4, -0.2) is 15.2 Å². The van der Waals surface area contributed by atoms with E-state index in [1.807, 2.05) is 18.7 Å². The van der Waals surface area contributed by atoms with Gasteiger partial charge in [-0.25, -0.2) is 4.98 Å². The third-order valence-corrected chi connectivity index (χ3v) is 6.73. The predicted molar refractivity (Wildman–Crippen MR) is 88.0 cm³/mol. The van der Waals surface area contributed by atoms with Crippen LogP contribution in [-0.2, 0) is 0 Å². The van der Waals surface area contributed by atoms with Crippen molar-refractivity contribution in [3.05, 3.63) is 26.6 Å². The topological polar surface area (TPSA) is 45.8 Å². The van der Waals surface area contributed by atoms with Crippen molar-refractivity contribution in [2.75, 3.05) is 0 Å². The highest BCUT2D eigenvalue weighted by Gasteiger charge is 2.21. The van der Waals surface area contributed by atoms with Gasteiger partial charge in [-0.2, -0.15) is 0 Å². The highest BCUT2D eigenvalue weighted by atomic mass is 32.2. The van der Waals surface area contributed by atoms with E-state index in [0.717, 1.165) is 26.9 Å². The van der Waals surface area contributed by atoms with Gasteiger partial charge in [0.2, 0.25) is 0 Å². The number of aromatic amines is 1. The highest BCUT2D eigenvalue weighted by molar-refractivity contribution is 8.00. The molecular weight excluding hydrogens is 288 g/mol. The van der Waals surface area contributed by atoms with Crippen LogP contribution >= 0.6 is 23.1 Å². The highest BCUT2D eigenvalue weighted by Crippen LogP contribution is 2.38. The number of hydrogen-bond donors (Lipinski definition) is 1. The Morgan fingerprint density at radius 3 is 2.75 bits per heavy atom. The van der Waals surface area contributed by atoms with E-state index in [4.69, 9.17) is 4.98 Å². The molecule has 0 unspecified atom stereocenters. The Bertz CT molecular complexity index is 683. The van der Waals surface area contributed by atoms with Gasteiger partial charge in [-0.15, -0.1) is 23.1 Å². The number of rotatable bonds is 3. The van der Waals surface area contributed by atoms with Crippen LogP contribution in [0.25, 0.3) is 10.2 Å². The summed E-state index contributed by atoms with van der Waals surface area (Å²) < 4.78 is 0. The molecular formula is C15H20N2OS2. The van der Waals surface area contributed by atoms with Crippen molar-refractivity contribution < 1.29 is 0 Å². The third-order valence-electron chi connectivity index (χ3n) is 4.14. The summed E-state index contributed by atoms with van der Waals surface area (Å²) in [7, 11) is 0. The molecule has 1 fully saturated rings. The summed E-state index contributed by atoms with van der Waals surface area (Å²) in [6, 6.07) is 0. The summed E-state index contributed by atoms with van der Waals surface area (Å²) in [6.07, 6.45) is 5.30. The van der Waals surface area contributed by atoms with E-state index in [9.17, 15) is 4.79 Å². The van der Waals surface area contributed by atoms with Gasteiger partial charge in [0.05, 0.1) is 10.6 Å². The molecule has 0 amide bonds. The molecule has 5 heteroatoms. The first kappa shape index (κ1) is 14.1. The maximum absolute atomic E-state index is 12.3. The first-order chi connectivity index (χ1) is 9.56. The quantitative estimate of drug-likeness (QED) is 0.917. The number of nitrogens with one attached hydrogen (secondary N) is 1. The largest absolute Gasteiger partial charge is 0.309 e. The number of thioether (sulfide) groups is 1. The molecule has 1 N–H and O–H groups in total. The summed E-state index contributed by atoms with van der Waals surface area (Å²) in [5.74, 6) is 0.834. The van der Waals surface area contributed by atoms with E-state index in [-0.39, 0.29) is 10.8 Å². The zero-order valence-corrected chi connectivity index (χ0v) is 13.8. The van der Waals surface area contributed by atoms with Crippen LogP contribution in [0.3, 0.4) is 0 Å². The fraction of sp³-hybridized carbons (Fsp3) is 0.600. The molecule has 2 aromatic heterocycles. The van der Waals surface area contributed by atoms with Gasteiger partial charge >= 0.3 is 0 Å². The maximum atomic E-state index is 12.3. The molecule has 2 aromatic rings. The molecule has 0 bridgehead atoms. The number of nitrogens with zero attached hydrogens (tertiary/aromatic N) is 1. The van der Waals surface area contributed by atoms with E-state index in [2.05, 4.69) is 18.8 Å². The Labute approximate surface area is 127 Å². The lowest BCUT2D eigenvalue weighted by atomic mass is 10.2. The van der Waals surface area contributed by atoms with Crippen LogP contribution in [0.2, 0.25) is 0 Å². The molecule has 0 spiro atoms. The van der Waals surface area contributed by atoms with Crippen molar-refractivity contribution in [2.45, 2.75) is 57.0 Å². The van der Waals surface area contributed by atoms with Crippen LogP contribution in [0.4, 0.5) is 0 Å². The number of aryl methyl sites for hydroxylation is 2. The van der Waals surface area contributed by atoms with Crippen LogP contribution in [0, 0.1) is 13.8 Å². The molecule has 1 atom stereocenters. The summed E-state index contributed by atoms with van der Waals surface area (Å²) in [5, 5.41) is 1.77.